The molecule has 0 spiro atoms. The zero-order valence-corrected chi connectivity index (χ0v) is 7.73. The molecule has 5 nitrogen and oxygen atoms in total. The Morgan fingerprint density at radius 3 is 2.67 bits per heavy atom. The summed E-state index contributed by atoms with van der Waals surface area (Å²) >= 11 is 0. The molecule has 0 heterocycles. The van der Waals surface area contributed by atoms with Crippen molar-refractivity contribution < 1.29 is 13.3 Å². The van der Waals surface area contributed by atoms with Crippen molar-refractivity contribution >= 4 is 10.0 Å². The van der Waals surface area contributed by atoms with Crippen molar-refractivity contribution in [2.24, 2.45) is 0 Å². The van der Waals surface area contributed by atoms with E-state index in [9.17, 15) is 8.42 Å². The van der Waals surface area contributed by atoms with Gasteiger partial charge in [-0.2, -0.15) is 13.7 Å². The van der Waals surface area contributed by atoms with Gasteiger partial charge in [0.15, 0.2) is 0 Å². The number of nitriles is 1. The molecule has 6 heteroatoms. The van der Waals surface area contributed by atoms with Crippen LogP contribution < -0.4 is 4.89 Å². The summed E-state index contributed by atoms with van der Waals surface area (Å²) in [6.45, 7) is 2.33. The fourth-order valence-electron chi connectivity index (χ4n) is 0.562. The zero-order chi connectivity index (χ0) is 9.45. The number of nitrogens with zero attached hydrogens (tertiary/aromatic N) is 1. The van der Waals surface area contributed by atoms with Crippen LogP contribution in [-0.4, -0.2) is 15.0 Å². The van der Waals surface area contributed by atoms with Crippen molar-refractivity contribution in [3.05, 3.63) is 0 Å². The largest absolute Gasteiger partial charge is 0.327 e. The van der Waals surface area contributed by atoms with E-state index in [-0.39, 0.29) is 0 Å². The first-order valence-electron chi connectivity index (χ1n) is 3.67. The van der Waals surface area contributed by atoms with Crippen LogP contribution in [0, 0.1) is 10.7 Å². The Hall–Kier alpha value is -0.640. The van der Waals surface area contributed by atoms with Crippen LogP contribution in [0.3, 0.4) is 0 Å². The fraction of sp³-hybridized carbons (Fsp3) is 0.833. The van der Waals surface area contributed by atoms with Crippen LogP contribution in [0.2, 0.25) is 0 Å². The highest BCUT2D eigenvalue weighted by molar-refractivity contribution is 7.93. The summed E-state index contributed by atoms with van der Waals surface area (Å²) in [5.74, 6) is 0. The van der Waals surface area contributed by atoms with Gasteiger partial charge in [0.1, 0.15) is 0 Å². The summed E-state index contributed by atoms with van der Waals surface area (Å²) in [5.41, 5.74) is 0. The quantitative estimate of drug-likeness (QED) is 0.288. The van der Waals surface area contributed by atoms with Gasteiger partial charge in [0.2, 0.25) is 5.40 Å². The lowest BCUT2D eigenvalue weighted by atomic mass is 10.3. The molecular weight excluding hydrogens is 180 g/mol. The molecule has 70 valence electrons. The minimum Gasteiger partial charge on any atom is -0.286 e. The molecule has 0 aliphatic carbocycles. The SMILES string of the molecule is CCCCCONS(=O)(=O)C#N. The molecule has 0 bridgehead atoms. The predicted octanol–water partition coefficient (Wildman–Crippen LogP) is 0.509. The molecular formula is C6H12N2O3S. The van der Waals surface area contributed by atoms with E-state index in [1.54, 1.807) is 4.89 Å². The third-order valence-corrected chi connectivity index (χ3v) is 1.72. The lowest BCUT2D eigenvalue weighted by molar-refractivity contribution is 0.0910. The molecule has 0 aromatic carbocycles. The number of thiocyanates is 1. The number of unbranched alkanes of at least 4 members (excludes halogenated alkanes) is 2. The van der Waals surface area contributed by atoms with Gasteiger partial charge < -0.3 is 0 Å². The molecule has 0 rings (SSSR count). The normalized spacial score (nSPS) is 11.0. The first kappa shape index (κ1) is 11.4. The third kappa shape index (κ3) is 6.09. The van der Waals surface area contributed by atoms with Crippen LogP contribution in [0.1, 0.15) is 26.2 Å². The maximum atomic E-state index is 10.4. The summed E-state index contributed by atoms with van der Waals surface area (Å²) in [6.07, 6.45) is 2.80. The molecule has 0 aliphatic rings. The molecule has 0 saturated heterocycles. The Balaban J connectivity index is 3.40. The Bertz CT molecular complexity index is 242. The highest BCUT2D eigenvalue weighted by Crippen LogP contribution is 1.93. The Labute approximate surface area is 72.3 Å². The second-order valence-electron chi connectivity index (χ2n) is 2.23. The van der Waals surface area contributed by atoms with Crippen molar-refractivity contribution in [1.29, 1.82) is 5.26 Å². The van der Waals surface area contributed by atoms with E-state index >= 15 is 0 Å². The van der Waals surface area contributed by atoms with E-state index in [0.717, 1.165) is 24.7 Å². The van der Waals surface area contributed by atoms with Gasteiger partial charge in [0.25, 0.3) is 0 Å². The van der Waals surface area contributed by atoms with E-state index in [0.29, 0.717) is 6.61 Å². The molecule has 0 amide bonds. The highest BCUT2D eigenvalue weighted by atomic mass is 32.2. The summed E-state index contributed by atoms with van der Waals surface area (Å²) in [7, 11) is -3.87. The number of hydrogen-bond acceptors (Lipinski definition) is 4. The van der Waals surface area contributed by atoms with Crippen molar-refractivity contribution in [3.8, 4) is 5.40 Å². The molecule has 0 atom stereocenters. The van der Waals surface area contributed by atoms with Crippen molar-refractivity contribution in [2.75, 3.05) is 6.61 Å². The lowest BCUT2D eigenvalue weighted by Crippen LogP contribution is -2.22. The van der Waals surface area contributed by atoms with Gasteiger partial charge in [-0.1, -0.05) is 24.7 Å². The maximum Gasteiger partial charge on any atom is 0.327 e. The molecule has 0 fully saturated rings. The van der Waals surface area contributed by atoms with E-state index in [4.69, 9.17) is 5.26 Å². The minimum atomic E-state index is -3.87. The molecule has 0 aliphatic heterocycles. The zero-order valence-electron chi connectivity index (χ0n) is 6.91. The minimum absolute atomic E-state index is 0.300. The lowest BCUT2D eigenvalue weighted by Gasteiger charge is -2.00. The van der Waals surface area contributed by atoms with Gasteiger partial charge in [0.05, 0.1) is 6.61 Å². The average Bonchev–Trinajstić information content (AvgIpc) is 2.04. The molecule has 0 aromatic rings. The molecule has 0 aromatic heterocycles. The van der Waals surface area contributed by atoms with Crippen LogP contribution in [0.5, 0.6) is 0 Å². The number of hydrogen-bond donors (Lipinski definition) is 1. The standard InChI is InChI=1S/C6H12N2O3S/c1-2-3-4-5-11-8-12(9,10)6-7/h8H,2-5H2,1H3. The Morgan fingerprint density at radius 2 is 2.17 bits per heavy atom. The van der Waals surface area contributed by atoms with Gasteiger partial charge in [-0.3, -0.25) is 4.84 Å². The Kier molecular flexibility index (Phi) is 5.62. The molecule has 0 radical (unpaired) electrons. The average molecular weight is 192 g/mol. The smallest absolute Gasteiger partial charge is 0.286 e. The first-order chi connectivity index (χ1) is 5.62. The number of sulfonamides is 1. The maximum absolute atomic E-state index is 10.4. The Morgan fingerprint density at radius 1 is 1.50 bits per heavy atom. The van der Waals surface area contributed by atoms with Crippen molar-refractivity contribution in [3.63, 3.8) is 0 Å². The van der Waals surface area contributed by atoms with Crippen LogP contribution in [0.4, 0.5) is 0 Å². The van der Waals surface area contributed by atoms with E-state index in [1.807, 2.05) is 6.92 Å². The summed E-state index contributed by atoms with van der Waals surface area (Å²) in [4.78, 5) is 6.21. The van der Waals surface area contributed by atoms with Gasteiger partial charge in [-0.05, 0) is 6.42 Å². The van der Waals surface area contributed by atoms with Crippen molar-refractivity contribution in [2.45, 2.75) is 26.2 Å². The summed E-state index contributed by atoms with van der Waals surface area (Å²) in [6, 6.07) is 0. The predicted molar refractivity (Wildman–Crippen MR) is 43.1 cm³/mol. The second-order valence-corrected chi connectivity index (χ2v) is 3.59. The van der Waals surface area contributed by atoms with Gasteiger partial charge in [-0.15, -0.1) is 0 Å². The first-order valence-corrected chi connectivity index (χ1v) is 5.15. The third-order valence-electron chi connectivity index (χ3n) is 1.14. The van der Waals surface area contributed by atoms with Gasteiger partial charge in [-0.25, -0.2) is 0 Å². The molecule has 0 saturated carbocycles. The number of nitrogens with one attached hydrogen (secondary N) is 1. The van der Waals surface area contributed by atoms with Gasteiger partial charge in [0, 0.05) is 0 Å². The van der Waals surface area contributed by atoms with Crippen LogP contribution in [-0.2, 0) is 14.9 Å². The summed E-state index contributed by atoms with van der Waals surface area (Å²) < 4.78 is 20.9. The second kappa shape index (κ2) is 5.94. The molecule has 12 heavy (non-hydrogen) atoms. The fourth-order valence-corrected chi connectivity index (χ4v) is 0.838. The molecule has 0 unspecified atom stereocenters. The van der Waals surface area contributed by atoms with E-state index in [1.165, 1.54) is 0 Å². The topological polar surface area (TPSA) is 79.2 Å². The summed E-state index contributed by atoms with van der Waals surface area (Å²) in [5, 5.41) is 9.08. The van der Waals surface area contributed by atoms with E-state index < -0.39 is 10.0 Å². The van der Waals surface area contributed by atoms with Crippen LogP contribution in [0.15, 0.2) is 0 Å². The van der Waals surface area contributed by atoms with Crippen LogP contribution in [0.25, 0.3) is 0 Å². The molecule has 1 N–H and O–H groups in total. The highest BCUT2D eigenvalue weighted by Gasteiger charge is 2.05. The van der Waals surface area contributed by atoms with Crippen LogP contribution >= 0.6 is 0 Å². The number of rotatable bonds is 6. The monoisotopic (exact) mass is 192 g/mol. The van der Waals surface area contributed by atoms with E-state index in [2.05, 4.69) is 4.84 Å². The van der Waals surface area contributed by atoms with Crippen molar-refractivity contribution in [1.82, 2.24) is 4.89 Å². The van der Waals surface area contributed by atoms with Gasteiger partial charge >= 0.3 is 10.0 Å².